The Morgan fingerprint density at radius 2 is 2.12 bits per heavy atom. The first-order chi connectivity index (χ1) is 11.7. The van der Waals surface area contributed by atoms with Crippen molar-refractivity contribution in [2.75, 3.05) is 26.4 Å². The minimum Gasteiger partial charge on any atom is -0.381 e. The van der Waals surface area contributed by atoms with E-state index >= 15 is 0 Å². The van der Waals surface area contributed by atoms with E-state index in [0.717, 1.165) is 43.4 Å². The van der Waals surface area contributed by atoms with E-state index in [-0.39, 0.29) is 5.91 Å². The number of ether oxygens (including phenoxy) is 2. The number of carbonyl (C=O) groups excluding carboxylic acids is 1. The second-order valence-electron chi connectivity index (χ2n) is 5.83. The Morgan fingerprint density at radius 1 is 1.29 bits per heavy atom. The normalized spacial score (nSPS) is 15.5. The fraction of sp³-hybridized carbons (Fsp3) is 0.444. The van der Waals surface area contributed by atoms with Gasteiger partial charge in [-0.15, -0.1) is 0 Å². The van der Waals surface area contributed by atoms with Gasteiger partial charge in [0.25, 0.3) is 5.91 Å². The quantitative estimate of drug-likeness (QED) is 0.643. The summed E-state index contributed by atoms with van der Waals surface area (Å²) in [5.74, 6) is -0.0853. The molecule has 0 spiro atoms. The maximum absolute atomic E-state index is 12.2. The molecule has 1 fully saturated rings. The molecule has 0 saturated carbocycles. The van der Waals surface area contributed by atoms with Gasteiger partial charge in [-0.05, 0) is 49.6 Å². The number of benzene rings is 1. The van der Waals surface area contributed by atoms with Crippen LogP contribution < -0.4 is 5.32 Å². The first-order valence-corrected chi connectivity index (χ1v) is 8.64. The predicted molar refractivity (Wildman–Crippen MR) is 93.5 cm³/mol. The SMILES string of the molecule is O=C(NCCCOC1CCOCC1)c1ccc2nc(Cl)ccc2c1. The zero-order chi connectivity index (χ0) is 16.8. The van der Waals surface area contributed by atoms with Gasteiger partial charge in [0.2, 0.25) is 0 Å². The predicted octanol–water partition coefficient (Wildman–Crippen LogP) is 3.20. The number of amides is 1. The van der Waals surface area contributed by atoms with Crippen molar-refractivity contribution in [1.82, 2.24) is 10.3 Å². The molecule has 2 aromatic rings. The van der Waals surface area contributed by atoms with Crippen molar-refractivity contribution in [1.29, 1.82) is 0 Å². The van der Waals surface area contributed by atoms with E-state index in [0.29, 0.717) is 30.0 Å². The maximum Gasteiger partial charge on any atom is 0.251 e. The molecule has 5 nitrogen and oxygen atoms in total. The van der Waals surface area contributed by atoms with Crippen LogP contribution >= 0.6 is 11.6 Å². The summed E-state index contributed by atoms with van der Waals surface area (Å²) in [6.07, 6.45) is 3.02. The number of pyridine rings is 1. The molecule has 1 N–H and O–H groups in total. The van der Waals surface area contributed by atoms with E-state index in [1.807, 2.05) is 18.2 Å². The van der Waals surface area contributed by atoms with Gasteiger partial charge in [-0.25, -0.2) is 4.98 Å². The van der Waals surface area contributed by atoms with Crippen LogP contribution in [0.1, 0.15) is 29.6 Å². The van der Waals surface area contributed by atoms with Crippen LogP contribution in [0.3, 0.4) is 0 Å². The molecule has 6 heteroatoms. The summed E-state index contributed by atoms with van der Waals surface area (Å²) in [5.41, 5.74) is 1.40. The van der Waals surface area contributed by atoms with Gasteiger partial charge >= 0.3 is 0 Å². The van der Waals surface area contributed by atoms with Crippen molar-refractivity contribution < 1.29 is 14.3 Å². The first kappa shape index (κ1) is 17.1. The molecule has 0 unspecified atom stereocenters. The second-order valence-corrected chi connectivity index (χ2v) is 6.22. The highest BCUT2D eigenvalue weighted by Gasteiger charge is 2.13. The number of nitrogens with zero attached hydrogens (tertiary/aromatic N) is 1. The molecular weight excluding hydrogens is 328 g/mol. The standard InChI is InChI=1S/C18H21ClN2O3/c19-17-5-3-13-12-14(2-4-16(13)21-17)18(22)20-8-1-9-24-15-6-10-23-11-7-15/h2-5,12,15H,1,6-11H2,(H,20,22). The molecule has 1 aliphatic rings. The number of rotatable bonds is 6. The molecule has 24 heavy (non-hydrogen) atoms. The van der Waals surface area contributed by atoms with Crippen LogP contribution in [0, 0.1) is 0 Å². The van der Waals surface area contributed by atoms with Gasteiger partial charge in [-0.2, -0.15) is 0 Å². The van der Waals surface area contributed by atoms with Gasteiger partial charge in [0, 0.05) is 37.3 Å². The van der Waals surface area contributed by atoms with Crippen LogP contribution in [0.25, 0.3) is 10.9 Å². The van der Waals surface area contributed by atoms with E-state index in [2.05, 4.69) is 10.3 Å². The van der Waals surface area contributed by atoms with Crippen molar-refractivity contribution >= 4 is 28.4 Å². The van der Waals surface area contributed by atoms with Crippen LogP contribution in [0.5, 0.6) is 0 Å². The van der Waals surface area contributed by atoms with E-state index < -0.39 is 0 Å². The number of nitrogens with one attached hydrogen (secondary N) is 1. The Balaban J connectivity index is 1.44. The van der Waals surface area contributed by atoms with Gasteiger partial charge in [-0.1, -0.05) is 11.6 Å². The van der Waals surface area contributed by atoms with Crippen LogP contribution in [-0.2, 0) is 9.47 Å². The number of fused-ring (bicyclic) bond motifs is 1. The Kier molecular flexibility index (Phi) is 6.01. The average Bonchev–Trinajstić information content (AvgIpc) is 2.61. The lowest BCUT2D eigenvalue weighted by Crippen LogP contribution is -2.27. The summed E-state index contributed by atoms with van der Waals surface area (Å²) in [5, 5.41) is 4.27. The zero-order valence-electron chi connectivity index (χ0n) is 13.5. The van der Waals surface area contributed by atoms with Crippen molar-refractivity contribution in [2.24, 2.45) is 0 Å². The fourth-order valence-electron chi connectivity index (χ4n) is 2.71. The lowest BCUT2D eigenvalue weighted by molar-refractivity contribution is -0.0321. The number of hydrogen-bond acceptors (Lipinski definition) is 4. The third-order valence-corrected chi connectivity index (χ3v) is 4.26. The van der Waals surface area contributed by atoms with E-state index in [9.17, 15) is 4.79 Å². The Labute approximate surface area is 146 Å². The number of halogens is 1. The van der Waals surface area contributed by atoms with Crippen LogP contribution in [0.2, 0.25) is 5.15 Å². The number of hydrogen-bond donors (Lipinski definition) is 1. The number of aromatic nitrogens is 1. The Hall–Kier alpha value is -1.69. The van der Waals surface area contributed by atoms with Crippen molar-refractivity contribution in [2.45, 2.75) is 25.4 Å². The molecule has 0 radical (unpaired) electrons. The molecule has 0 bridgehead atoms. The monoisotopic (exact) mass is 348 g/mol. The summed E-state index contributed by atoms with van der Waals surface area (Å²) in [6, 6.07) is 8.98. The van der Waals surface area contributed by atoms with Gasteiger partial charge in [0.1, 0.15) is 5.15 Å². The average molecular weight is 349 g/mol. The second kappa shape index (κ2) is 8.42. The molecule has 1 saturated heterocycles. The van der Waals surface area contributed by atoms with Crippen LogP contribution in [-0.4, -0.2) is 43.4 Å². The highest BCUT2D eigenvalue weighted by Crippen LogP contribution is 2.17. The lowest BCUT2D eigenvalue weighted by atomic mass is 10.1. The minimum absolute atomic E-state index is 0.0853. The summed E-state index contributed by atoms with van der Waals surface area (Å²) in [7, 11) is 0. The maximum atomic E-state index is 12.2. The van der Waals surface area contributed by atoms with Gasteiger partial charge < -0.3 is 14.8 Å². The molecule has 1 aromatic heterocycles. The Morgan fingerprint density at radius 3 is 2.96 bits per heavy atom. The smallest absolute Gasteiger partial charge is 0.251 e. The first-order valence-electron chi connectivity index (χ1n) is 8.26. The number of carbonyl (C=O) groups is 1. The minimum atomic E-state index is -0.0853. The topological polar surface area (TPSA) is 60.5 Å². The molecule has 1 aromatic carbocycles. The van der Waals surface area contributed by atoms with Crippen molar-refractivity contribution in [3.05, 3.63) is 41.0 Å². The highest BCUT2D eigenvalue weighted by atomic mass is 35.5. The molecule has 1 amide bonds. The summed E-state index contributed by atoms with van der Waals surface area (Å²) < 4.78 is 11.1. The molecule has 128 valence electrons. The summed E-state index contributed by atoms with van der Waals surface area (Å²) in [4.78, 5) is 16.4. The lowest BCUT2D eigenvalue weighted by Gasteiger charge is -2.22. The summed E-state index contributed by atoms with van der Waals surface area (Å²) in [6.45, 7) is 2.82. The zero-order valence-corrected chi connectivity index (χ0v) is 14.2. The molecule has 0 atom stereocenters. The molecule has 1 aliphatic heterocycles. The fourth-order valence-corrected chi connectivity index (χ4v) is 2.86. The molecule has 2 heterocycles. The largest absolute Gasteiger partial charge is 0.381 e. The third kappa shape index (κ3) is 4.66. The molecule has 0 aliphatic carbocycles. The van der Waals surface area contributed by atoms with Crippen LogP contribution in [0.4, 0.5) is 0 Å². The van der Waals surface area contributed by atoms with Crippen molar-refractivity contribution in [3.8, 4) is 0 Å². The van der Waals surface area contributed by atoms with Gasteiger partial charge in [0.15, 0.2) is 0 Å². The highest BCUT2D eigenvalue weighted by molar-refractivity contribution is 6.29. The van der Waals surface area contributed by atoms with E-state index in [1.54, 1.807) is 12.1 Å². The van der Waals surface area contributed by atoms with Gasteiger partial charge in [0.05, 0.1) is 11.6 Å². The molecular formula is C18H21ClN2O3. The van der Waals surface area contributed by atoms with Crippen molar-refractivity contribution in [3.63, 3.8) is 0 Å². The Bertz CT molecular complexity index is 702. The van der Waals surface area contributed by atoms with Gasteiger partial charge in [-0.3, -0.25) is 4.79 Å². The molecule has 3 rings (SSSR count). The van der Waals surface area contributed by atoms with E-state index in [4.69, 9.17) is 21.1 Å². The third-order valence-electron chi connectivity index (χ3n) is 4.05. The summed E-state index contributed by atoms with van der Waals surface area (Å²) >= 11 is 5.87. The van der Waals surface area contributed by atoms with E-state index in [1.165, 1.54) is 0 Å². The van der Waals surface area contributed by atoms with Crippen LogP contribution in [0.15, 0.2) is 30.3 Å².